The molecule has 3 rings (SSSR count). The van der Waals surface area contributed by atoms with Crippen LogP contribution >= 0.6 is 0 Å². The zero-order chi connectivity index (χ0) is 24.1. The molecule has 3 heterocycles. The molecule has 0 unspecified atom stereocenters. The van der Waals surface area contributed by atoms with Crippen molar-refractivity contribution in [3.63, 3.8) is 0 Å². The minimum absolute atomic E-state index is 0.0403. The normalized spacial score (nSPS) is 14.7. The van der Waals surface area contributed by atoms with Gasteiger partial charge in [-0.3, -0.25) is 4.79 Å². The molecule has 8 heteroatoms. The number of carbonyl (C=O) groups excluding carboxylic acids is 1. The first-order valence-corrected chi connectivity index (χ1v) is 11.4. The first-order chi connectivity index (χ1) is 15.8. The number of rotatable bonds is 10. The quantitative estimate of drug-likeness (QED) is 0.394. The summed E-state index contributed by atoms with van der Waals surface area (Å²) in [6.45, 7) is 9.49. The van der Waals surface area contributed by atoms with Gasteiger partial charge in [-0.1, -0.05) is 27.7 Å². The molecule has 0 radical (unpaired) electrons. The fraction of sp³-hybridized carbons (Fsp3) is 0.560. The van der Waals surface area contributed by atoms with Gasteiger partial charge in [-0.25, -0.2) is 9.78 Å². The fourth-order valence-electron chi connectivity index (χ4n) is 3.90. The predicted octanol–water partition coefficient (Wildman–Crippen LogP) is 3.90. The maximum atomic E-state index is 12.9. The zero-order valence-corrected chi connectivity index (χ0v) is 20.3. The third-order valence-corrected chi connectivity index (χ3v) is 5.62. The van der Waals surface area contributed by atoms with Crippen LogP contribution in [0.2, 0.25) is 0 Å². The molecule has 33 heavy (non-hydrogen) atoms. The SMILES string of the molecule is COCCCOc1cc2c(nc1OC)-c1cc(=O)c(C(=O)OCC(C)C)cn1[C@H](C(C)C)C2. The van der Waals surface area contributed by atoms with E-state index in [9.17, 15) is 9.59 Å². The number of ether oxygens (including phenoxy) is 4. The molecule has 1 aliphatic rings. The third-order valence-electron chi connectivity index (χ3n) is 5.62. The summed E-state index contributed by atoms with van der Waals surface area (Å²) < 4.78 is 23.8. The molecule has 180 valence electrons. The lowest BCUT2D eigenvalue weighted by Gasteiger charge is -2.33. The molecule has 8 nitrogen and oxygen atoms in total. The largest absolute Gasteiger partial charge is 0.488 e. The van der Waals surface area contributed by atoms with Crippen LogP contribution in [0.25, 0.3) is 11.4 Å². The van der Waals surface area contributed by atoms with Gasteiger partial charge in [0.15, 0.2) is 11.2 Å². The standard InChI is InChI=1S/C25H34N2O6/c1-15(2)14-33-25(29)18-13-27-19(16(3)4)10-17-11-22(32-9-7-8-30-5)24(31-6)26-23(17)20(27)12-21(18)28/h11-13,15-16,19H,7-10,14H2,1-6H3/t19-/m0/s1. The summed E-state index contributed by atoms with van der Waals surface area (Å²) in [4.78, 5) is 30.1. The maximum absolute atomic E-state index is 12.9. The molecular weight excluding hydrogens is 424 g/mol. The number of esters is 1. The lowest BCUT2D eigenvalue weighted by Crippen LogP contribution is -2.29. The van der Waals surface area contributed by atoms with Crippen molar-refractivity contribution in [3.8, 4) is 23.0 Å². The Morgan fingerprint density at radius 3 is 2.58 bits per heavy atom. The van der Waals surface area contributed by atoms with E-state index in [1.165, 1.54) is 13.2 Å². The van der Waals surface area contributed by atoms with Crippen LogP contribution in [0.1, 0.15) is 56.1 Å². The van der Waals surface area contributed by atoms with Gasteiger partial charge < -0.3 is 23.5 Å². The van der Waals surface area contributed by atoms with Crippen LogP contribution in [-0.4, -0.2) is 49.6 Å². The molecule has 0 N–H and O–H groups in total. The van der Waals surface area contributed by atoms with Crippen LogP contribution in [0.15, 0.2) is 23.1 Å². The van der Waals surface area contributed by atoms with Crippen LogP contribution in [-0.2, 0) is 15.9 Å². The molecule has 2 aromatic heterocycles. The fourth-order valence-corrected chi connectivity index (χ4v) is 3.90. The van der Waals surface area contributed by atoms with Crippen molar-refractivity contribution in [1.82, 2.24) is 9.55 Å². The molecule has 1 atom stereocenters. The van der Waals surface area contributed by atoms with E-state index in [1.807, 2.05) is 24.5 Å². The van der Waals surface area contributed by atoms with E-state index in [0.717, 1.165) is 12.0 Å². The van der Waals surface area contributed by atoms with Crippen LogP contribution in [0.5, 0.6) is 11.6 Å². The number of nitrogens with zero attached hydrogens (tertiary/aromatic N) is 2. The van der Waals surface area contributed by atoms with Crippen molar-refractivity contribution in [2.24, 2.45) is 11.8 Å². The van der Waals surface area contributed by atoms with Gasteiger partial charge in [0.2, 0.25) is 0 Å². The maximum Gasteiger partial charge on any atom is 0.343 e. The van der Waals surface area contributed by atoms with Gasteiger partial charge in [-0.15, -0.1) is 0 Å². The van der Waals surface area contributed by atoms with Gasteiger partial charge >= 0.3 is 5.97 Å². The Balaban J connectivity index is 2.04. The Bertz CT molecular complexity index is 1040. The van der Waals surface area contributed by atoms with E-state index in [1.54, 1.807) is 13.3 Å². The van der Waals surface area contributed by atoms with Crippen molar-refractivity contribution in [2.75, 3.05) is 34.0 Å². The highest BCUT2D eigenvalue weighted by Crippen LogP contribution is 2.40. The topological polar surface area (TPSA) is 88.9 Å². The molecule has 0 saturated carbocycles. The van der Waals surface area contributed by atoms with E-state index in [2.05, 4.69) is 18.8 Å². The molecule has 1 aliphatic heterocycles. The van der Waals surface area contributed by atoms with Gasteiger partial charge in [0, 0.05) is 38.4 Å². The van der Waals surface area contributed by atoms with Gasteiger partial charge in [-0.05, 0) is 29.9 Å². The Labute approximate surface area is 194 Å². The number of hydrogen-bond acceptors (Lipinski definition) is 7. The molecular formula is C25H34N2O6. The predicted molar refractivity (Wildman–Crippen MR) is 125 cm³/mol. The molecule has 0 aliphatic carbocycles. The van der Waals surface area contributed by atoms with Gasteiger partial charge in [0.25, 0.3) is 5.88 Å². The summed E-state index contributed by atoms with van der Waals surface area (Å²) in [6.07, 6.45) is 3.06. The molecule has 0 fully saturated rings. The summed E-state index contributed by atoms with van der Waals surface area (Å²) in [7, 11) is 3.19. The second-order valence-electron chi connectivity index (χ2n) is 9.05. The van der Waals surface area contributed by atoms with E-state index in [-0.39, 0.29) is 35.5 Å². The van der Waals surface area contributed by atoms with Crippen molar-refractivity contribution in [3.05, 3.63) is 39.7 Å². The summed E-state index contributed by atoms with van der Waals surface area (Å²) in [5, 5.41) is 0. The first kappa shape index (κ1) is 24.8. The Morgan fingerprint density at radius 1 is 1.18 bits per heavy atom. The second-order valence-corrected chi connectivity index (χ2v) is 9.05. The van der Waals surface area contributed by atoms with E-state index in [0.29, 0.717) is 42.7 Å². The number of methoxy groups -OCH3 is 2. The molecule has 0 bridgehead atoms. The lowest BCUT2D eigenvalue weighted by atomic mass is 9.89. The van der Waals surface area contributed by atoms with Crippen LogP contribution < -0.4 is 14.9 Å². The lowest BCUT2D eigenvalue weighted by molar-refractivity contribution is 0.0456. The monoisotopic (exact) mass is 458 g/mol. The Hall–Kier alpha value is -2.87. The average Bonchev–Trinajstić information content (AvgIpc) is 2.78. The number of aromatic nitrogens is 2. The molecule has 0 aromatic carbocycles. The van der Waals surface area contributed by atoms with Crippen LogP contribution in [0.3, 0.4) is 0 Å². The van der Waals surface area contributed by atoms with Gasteiger partial charge in [0.1, 0.15) is 5.56 Å². The molecule has 0 amide bonds. The summed E-state index contributed by atoms with van der Waals surface area (Å²) >= 11 is 0. The first-order valence-electron chi connectivity index (χ1n) is 11.4. The number of carbonyl (C=O) groups is 1. The highest BCUT2D eigenvalue weighted by molar-refractivity contribution is 5.89. The second kappa shape index (κ2) is 10.8. The Morgan fingerprint density at radius 2 is 1.94 bits per heavy atom. The average molecular weight is 459 g/mol. The van der Waals surface area contributed by atoms with Gasteiger partial charge in [-0.2, -0.15) is 0 Å². The number of pyridine rings is 2. The Kier molecular flexibility index (Phi) is 8.13. The van der Waals surface area contributed by atoms with Gasteiger partial charge in [0.05, 0.1) is 31.7 Å². The number of hydrogen-bond donors (Lipinski definition) is 0. The van der Waals surface area contributed by atoms with Crippen molar-refractivity contribution in [2.45, 2.75) is 46.6 Å². The van der Waals surface area contributed by atoms with E-state index in [4.69, 9.17) is 18.9 Å². The zero-order valence-electron chi connectivity index (χ0n) is 20.3. The summed E-state index contributed by atoms with van der Waals surface area (Å²) in [5.74, 6) is 0.773. The van der Waals surface area contributed by atoms with E-state index < -0.39 is 5.97 Å². The van der Waals surface area contributed by atoms with Crippen molar-refractivity contribution >= 4 is 5.97 Å². The van der Waals surface area contributed by atoms with E-state index >= 15 is 0 Å². The third kappa shape index (κ3) is 5.55. The minimum Gasteiger partial charge on any atom is -0.488 e. The molecule has 2 aromatic rings. The summed E-state index contributed by atoms with van der Waals surface area (Å²) in [6, 6.07) is 3.47. The molecule has 0 saturated heterocycles. The van der Waals surface area contributed by atoms with Crippen LogP contribution in [0, 0.1) is 11.8 Å². The van der Waals surface area contributed by atoms with Crippen molar-refractivity contribution in [1.29, 1.82) is 0 Å². The van der Waals surface area contributed by atoms with Crippen molar-refractivity contribution < 1.29 is 23.7 Å². The van der Waals surface area contributed by atoms with Crippen LogP contribution in [0.4, 0.5) is 0 Å². The highest BCUT2D eigenvalue weighted by atomic mass is 16.5. The number of fused-ring (bicyclic) bond motifs is 3. The minimum atomic E-state index is -0.595. The smallest absolute Gasteiger partial charge is 0.343 e. The highest BCUT2D eigenvalue weighted by Gasteiger charge is 2.30. The molecule has 0 spiro atoms. The summed E-state index contributed by atoms with van der Waals surface area (Å²) in [5.41, 5.74) is 1.95.